The monoisotopic (exact) mass is 422 g/mol. The highest BCUT2D eigenvalue weighted by molar-refractivity contribution is 6.33. The number of methoxy groups -OCH3 is 1. The van der Waals surface area contributed by atoms with E-state index in [0.717, 1.165) is 5.56 Å². The van der Waals surface area contributed by atoms with Crippen LogP contribution in [-0.4, -0.2) is 61.5 Å². The van der Waals surface area contributed by atoms with Crippen LogP contribution in [0.15, 0.2) is 30.3 Å². The molecule has 0 spiro atoms. The maximum atomic E-state index is 12.2. The summed E-state index contributed by atoms with van der Waals surface area (Å²) in [5, 5.41) is 0. The molecule has 8 nitrogen and oxygen atoms in total. The van der Waals surface area contributed by atoms with Gasteiger partial charge in [-0.15, -0.1) is 0 Å². The maximum absolute atomic E-state index is 12.2. The zero-order valence-corrected chi connectivity index (χ0v) is 18.1. The van der Waals surface area contributed by atoms with Crippen LogP contribution in [0.1, 0.15) is 39.7 Å². The van der Waals surface area contributed by atoms with Gasteiger partial charge in [0.25, 0.3) is 0 Å². The number of Topliss-reactive ketones (excluding diaryl/α,β-unsaturated/α-hetero) is 1. The predicted molar refractivity (Wildman–Crippen MR) is 105 cm³/mol. The van der Waals surface area contributed by atoms with Crippen molar-refractivity contribution in [1.82, 2.24) is 0 Å². The van der Waals surface area contributed by atoms with Crippen molar-refractivity contribution in [3.63, 3.8) is 0 Å². The van der Waals surface area contributed by atoms with Gasteiger partial charge in [0.05, 0.1) is 26.4 Å². The van der Waals surface area contributed by atoms with E-state index in [1.165, 1.54) is 7.11 Å². The fourth-order valence-electron chi connectivity index (χ4n) is 3.74. The number of rotatable bonds is 8. The van der Waals surface area contributed by atoms with E-state index in [9.17, 15) is 9.59 Å². The van der Waals surface area contributed by atoms with Gasteiger partial charge in [0.1, 0.15) is 18.3 Å². The van der Waals surface area contributed by atoms with Crippen molar-refractivity contribution in [3.05, 3.63) is 35.9 Å². The zero-order valence-electron chi connectivity index (χ0n) is 18.1. The fourth-order valence-corrected chi connectivity index (χ4v) is 3.74. The van der Waals surface area contributed by atoms with Crippen molar-refractivity contribution in [3.8, 4) is 0 Å². The molecule has 0 amide bonds. The number of esters is 1. The SMILES string of the molecule is COC(=O)C(=O)CC1OC(C)(C)OC1C(OCc1ccccc1)C1COC(C)(C)O1. The lowest BCUT2D eigenvalue weighted by Gasteiger charge is -2.31. The number of ether oxygens (including phenoxy) is 6. The topological polar surface area (TPSA) is 89.5 Å². The van der Waals surface area contributed by atoms with Crippen LogP contribution in [0.3, 0.4) is 0 Å². The van der Waals surface area contributed by atoms with Gasteiger partial charge in [0.2, 0.25) is 5.78 Å². The van der Waals surface area contributed by atoms with Crippen molar-refractivity contribution in [2.75, 3.05) is 13.7 Å². The summed E-state index contributed by atoms with van der Waals surface area (Å²) >= 11 is 0. The molecule has 0 bridgehead atoms. The minimum absolute atomic E-state index is 0.178. The largest absolute Gasteiger partial charge is 0.463 e. The third-order valence-corrected chi connectivity index (χ3v) is 5.03. The lowest BCUT2D eigenvalue weighted by molar-refractivity contribution is -0.190. The molecular weight excluding hydrogens is 392 g/mol. The van der Waals surface area contributed by atoms with Gasteiger partial charge in [-0.05, 0) is 33.3 Å². The van der Waals surface area contributed by atoms with Gasteiger partial charge >= 0.3 is 5.97 Å². The second-order valence-corrected chi connectivity index (χ2v) is 8.39. The summed E-state index contributed by atoms with van der Waals surface area (Å²) in [4.78, 5) is 23.9. The first-order valence-corrected chi connectivity index (χ1v) is 10.0. The molecule has 0 radical (unpaired) electrons. The summed E-state index contributed by atoms with van der Waals surface area (Å²) in [6, 6.07) is 9.72. The summed E-state index contributed by atoms with van der Waals surface area (Å²) in [6.45, 7) is 7.80. The minimum Gasteiger partial charge on any atom is -0.463 e. The molecular formula is C22H30O8. The Morgan fingerprint density at radius 1 is 1.07 bits per heavy atom. The third-order valence-electron chi connectivity index (χ3n) is 5.03. The van der Waals surface area contributed by atoms with Gasteiger partial charge in [-0.3, -0.25) is 4.79 Å². The summed E-state index contributed by atoms with van der Waals surface area (Å²) < 4.78 is 34.6. The van der Waals surface area contributed by atoms with Crippen LogP contribution in [0.25, 0.3) is 0 Å². The number of carbonyl (C=O) groups is 2. The van der Waals surface area contributed by atoms with Gasteiger partial charge in [-0.25, -0.2) is 4.79 Å². The van der Waals surface area contributed by atoms with Crippen LogP contribution in [0, 0.1) is 0 Å². The highest BCUT2D eigenvalue weighted by Gasteiger charge is 2.51. The van der Waals surface area contributed by atoms with E-state index in [1.807, 2.05) is 44.2 Å². The molecule has 30 heavy (non-hydrogen) atoms. The smallest absolute Gasteiger partial charge is 0.374 e. The lowest BCUT2D eigenvalue weighted by Crippen LogP contribution is -2.47. The van der Waals surface area contributed by atoms with E-state index < -0.39 is 47.7 Å². The molecule has 0 aromatic heterocycles. The molecule has 4 atom stereocenters. The average Bonchev–Trinajstić information content (AvgIpc) is 3.20. The van der Waals surface area contributed by atoms with E-state index in [0.29, 0.717) is 13.2 Å². The minimum atomic E-state index is -0.949. The molecule has 166 valence electrons. The molecule has 2 saturated heterocycles. The van der Waals surface area contributed by atoms with Crippen LogP contribution in [-0.2, 0) is 44.6 Å². The molecule has 1 aromatic rings. The molecule has 0 N–H and O–H groups in total. The summed E-state index contributed by atoms with van der Waals surface area (Å²) in [5.74, 6) is -3.30. The number of ketones is 1. The van der Waals surface area contributed by atoms with Crippen LogP contribution in [0.5, 0.6) is 0 Å². The third kappa shape index (κ3) is 5.65. The Bertz CT molecular complexity index is 745. The van der Waals surface area contributed by atoms with E-state index in [1.54, 1.807) is 13.8 Å². The standard InChI is InChI=1S/C22H30O8/c1-21(2)27-13-17(29-21)18(26-12-14-9-7-6-8-10-14)19-16(28-22(3,4)30-19)11-15(23)20(24)25-5/h6-10,16-19H,11-13H2,1-5H3. The highest BCUT2D eigenvalue weighted by atomic mass is 16.8. The highest BCUT2D eigenvalue weighted by Crippen LogP contribution is 2.37. The number of benzene rings is 1. The van der Waals surface area contributed by atoms with Crippen molar-refractivity contribution >= 4 is 11.8 Å². The van der Waals surface area contributed by atoms with Gasteiger partial charge in [-0.2, -0.15) is 0 Å². The molecule has 4 unspecified atom stereocenters. The average molecular weight is 422 g/mol. The first-order valence-electron chi connectivity index (χ1n) is 10.0. The number of hydrogen-bond acceptors (Lipinski definition) is 8. The van der Waals surface area contributed by atoms with Crippen molar-refractivity contribution in [1.29, 1.82) is 0 Å². The first-order chi connectivity index (χ1) is 14.1. The lowest BCUT2D eigenvalue weighted by atomic mass is 9.99. The summed E-state index contributed by atoms with van der Waals surface area (Å²) in [7, 11) is 1.17. The van der Waals surface area contributed by atoms with Crippen molar-refractivity contribution in [2.24, 2.45) is 0 Å². The molecule has 2 aliphatic rings. The molecule has 2 heterocycles. The molecule has 2 aliphatic heterocycles. The second-order valence-electron chi connectivity index (χ2n) is 8.39. The van der Waals surface area contributed by atoms with Crippen LogP contribution < -0.4 is 0 Å². The molecule has 0 saturated carbocycles. The Morgan fingerprint density at radius 2 is 1.77 bits per heavy atom. The van der Waals surface area contributed by atoms with Crippen LogP contribution in [0.4, 0.5) is 0 Å². The summed E-state index contributed by atoms with van der Waals surface area (Å²) in [6.07, 6.45) is -2.52. The van der Waals surface area contributed by atoms with E-state index in [-0.39, 0.29) is 6.42 Å². The normalized spacial score (nSPS) is 28.2. The molecule has 2 fully saturated rings. The number of carbonyl (C=O) groups excluding carboxylic acids is 2. The Kier molecular flexibility index (Phi) is 6.94. The van der Waals surface area contributed by atoms with Gasteiger partial charge in [0.15, 0.2) is 11.6 Å². The van der Waals surface area contributed by atoms with Gasteiger partial charge in [-0.1, -0.05) is 30.3 Å². The second kappa shape index (κ2) is 9.11. The van der Waals surface area contributed by atoms with Crippen molar-refractivity contribution < 1.29 is 38.0 Å². The van der Waals surface area contributed by atoms with Crippen LogP contribution >= 0.6 is 0 Å². The van der Waals surface area contributed by atoms with Gasteiger partial charge in [0, 0.05) is 6.42 Å². The molecule has 0 aliphatic carbocycles. The van der Waals surface area contributed by atoms with Gasteiger partial charge < -0.3 is 28.4 Å². The Morgan fingerprint density at radius 3 is 2.37 bits per heavy atom. The number of hydrogen-bond donors (Lipinski definition) is 0. The van der Waals surface area contributed by atoms with E-state index in [2.05, 4.69) is 4.74 Å². The summed E-state index contributed by atoms with van der Waals surface area (Å²) in [5.41, 5.74) is 0.987. The van der Waals surface area contributed by atoms with E-state index in [4.69, 9.17) is 23.7 Å². The Hall–Kier alpha value is -1.84. The van der Waals surface area contributed by atoms with Crippen molar-refractivity contribution in [2.45, 2.75) is 76.7 Å². The Labute approximate surface area is 176 Å². The fraction of sp³-hybridized carbons (Fsp3) is 0.636. The zero-order chi connectivity index (χ0) is 21.9. The van der Waals surface area contributed by atoms with E-state index >= 15 is 0 Å². The Balaban J connectivity index is 1.81. The molecule has 3 rings (SSSR count). The quantitative estimate of drug-likeness (QED) is 0.466. The molecule has 8 heteroatoms. The first kappa shape index (κ1) is 22.8. The predicted octanol–water partition coefficient (Wildman–Crippen LogP) is 2.38. The van der Waals surface area contributed by atoms with Crippen LogP contribution in [0.2, 0.25) is 0 Å². The molecule has 1 aromatic carbocycles. The maximum Gasteiger partial charge on any atom is 0.374 e.